The van der Waals surface area contributed by atoms with E-state index in [1.54, 1.807) is 18.2 Å². The van der Waals surface area contributed by atoms with Crippen LogP contribution in [-0.2, 0) is 10.0 Å². The number of sulfonamides is 1. The minimum atomic E-state index is -3.56. The van der Waals surface area contributed by atoms with Crippen LogP contribution in [0.5, 0.6) is 0 Å². The molecule has 0 spiro atoms. The van der Waals surface area contributed by atoms with E-state index in [9.17, 15) is 8.42 Å². The molecule has 12 heavy (non-hydrogen) atoms. The summed E-state index contributed by atoms with van der Waals surface area (Å²) in [5.74, 6) is 0. The van der Waals surface area contributed by atoms with Crippen LogP contribution >= 0.6 is 14.1 Å². The Kier molecular flexibility index (Phi) is 3.31. The van der Waals surface area contributed by atoms with Crippen LogP contribution in [0.1, 0.15) is 0 Å². The summed E-state index contributed by atoms with van der Waals surface area (Å²) in [5, 5.41) is 4.99. The molecule has 3 nitrogen and oxygen atoms in total. The summed E-state index contributed by atoms with van der Waals surface area (Å²) < 4.78 is 22.7. The quantitative estimate of drug-likeness (QED) is 0.780. The van der Waals surface area contributed by atoms with Crippen LogP contribution in [0.25, 0.3) is 0 Å². The molecule has 0 saturated heterocycles. The van der Waals surface area contributed by atoms with E-state index in [1.165, 1.54) is 6.07 Å². The van der Waals surface area contributed by atoms with Crippen molar-refractivity contribution in [2.45, 2.75) is 4.90 Å². The van der Waals surface area contributed by atoms with Crippen LogP contribution in [0, 0.1) is 0 Å². The fourth-order valence-corrected chi connectivity index (χ4v) is 4.91. The summed E-state index contributed by atoms with van der Waals surface area (Å²) in [4.78, 5) is 0.210. The van der Waals surface area contributed by atoms with Gasteiger partial charge in [0.25, 0.3) is 0 Å². The molecule has 0 heterocycles. The molecule has 0 saturated carbocycles. The van der Waals surface area contributed by atoms with Gasteiger partial charge in [0, 0.05) is 0 Å². The fraction of sp³-hybridized carbons (Fsp3) is 0. The van der Waals surface area contributed by atoms with Gasteiger partial charge in [-0.15, -0.1) is 0 Å². The van der Waals surface area contributed by atoms with Gasteiger partial charge in [0.2, 0.25) is 0 Å². The predicted octanol–water partition coefficient (Wildman–Crippen LogP) is -0.0266. The van der Waals surface area contributed by atoms with Crippen LogP contribution < -0.4 is 9.60 Å². The van der Waals surface area contributed by atoms with Crippen molar-refractivity contribution in [3.8, 4) is 0 Å². The summed E-state index contributed by atoms with van der Waals surface area (Å²) in [6, 6.07) is 6.69. The summed E-state index contributed by atoms with van der Waals surface area (Å²) >= 11 is 3.21. The maximum absolute atomic E-state index is 11.0. The van der Waals surface area contributed by atoms with E-state index in [0.717, 1.165) is 4.46 Å². The predicted molar refractivity (Wildman–Crippen MR) is 52.1 cm³/mol. The summed E-state index contributed by atoms with van der Waals surface area (Å²) in [6.07, 6.45) is 0. The van der Waals surface area contributed by atoms with Crippen molar-refractivity contribution in [2.24, 2.45) is 5.14 Å². The van der Waals surface area contributed by atoms with Gasteiger partial charge in [-0.1, -0.05) is 0 Å². The molecule has 0 fully saturated rings. The number of rotatable bonds is 2. The van der Waals surface area contributed by atoms with Gasteiger partial charge >= 0.3 is 84.5 Å². The topological polar surface area (TPSA) is 60.2 Å². The first-order chi connectivity index (χ1) is 5.55. The Morgan fingerprint density at radius 2 is 1.92 bits per heavy atom. The average Bonchev–Trinajstić information content (AvgIpc) is 2.03. The molecular formula is C6H6BrNO2SSe. The third-order valence-electron chi connectivity index (χ3n) is 1.24. The van der Waals surface area contributed by atoms with Gasteiger partial charge in [0.1, 0.15) is 0 Å². The first kappa shape index (κ1) is 10.2. The number of benzene rings is 1. The van der Waals surface area contributed by atoms with Gasteiger partial charge in [-0.25, -0.2) is 0 Å². The monoisotopic (exact) mass is 315 g/mol. The molecule has 0 aliphatic rings. The molecule has 6 heteroatoms. The van der Waals surface area contributed by atoms with E-state index < -0.39 is 10.0 Å². The summed E-state index contributed by atoms with van der Waals surface area (Å²) in [7, 11) is -3.56. The van der Waals surface area contributed by atoms with Gasteiger partial charge in [-0.2, -0.15) is 0 Å². The van der Waals surface area contributed by atoms with Crippen molar-refractivity contribution in [3.63, 3.8) is 0 Å². The fourth-order valence-electron chi connectivity index (χ4n) is 0.749. The molecule has 2 N–H and O–H groups in total. The first-order valence-electron chi connectivity index (χ1n) is 2.96. The van der Waals surface area contributed by atoms with Gasteiger partial charge < -0.3 is 0 Å². The molecule has 0 bridgehead atoms. The van der Waals surface area contributed by atoms with E-state index in [2.05, 4.69) is 14.1 Å². The zero-order valence-electron chi connectivity index (χ0n) is 5.90. The average molecular weight is 315 g/mol. The molecule has 0 radical (unpaired) electrons. The first-order valence-corrected chi connectivity index (χ1v) is 9.37. The molecule has 1 rings (SSSR count). The third kappa shape index (κ3) is 2.31. The van der Waals surface area contributed by atoms with E-state index in [0.29, 0.717) is 0 Å². The third-order valence-corrected chi connectivity index (χ3v) is 5.41. The van der Waals surface area contributed by atoms with E-state index in [4.69, 9.17) is 5.14 Å². The zero-order valence-corrected chi connectivity index (χ0v) is 10.0. The van der Waals surface area contributed by atoms with Crippen molar-refractivity contribution in [2.75, 3.05) is 0 Å². The van der Waals surface area contributed by atoms with Crippen LogP contribution in [-0.4, -0.2) is 21.6 Å². The second-order valence-electron chi connectivity index (χ2n) is 2.07. The van der Waals surface area contributed by atoms with E-state index in [1.807, 2.05) is 0 Å². The Morgan fingerprint density at radius 1 is 1.33 bits per heavy atom. The van der Waals surface area contributed by atoms with Crippen molar-refractivity contribution in [1.82, 2.24) is 0 Å². The molecule has 0 aliphatic heterocycles. The Morgan fingerprint density at radius 3 is 2.33 bits per heavy atom. The van der Waals surface area contributed by atoms with Gasteiger partial charge in [-0.3, -0.25) is 0 Å². The summed E-state index contributed by atoms with van der Waals surface area (Å²) in [5.41, 5.74) is 0. The van der Waals surface area contributed by atoms with Gasteiger partial charge in [0.15, 0.2) is 0 Å². The number of hydrogen-bond acceptors (Lipinski definition) is 2. The molecule has 1 aromatic rings. The minimum absolute atomic E-state index is 0.0317. The van der Waals surface area contributed by atoms with Crippen LogP contribution in [0.15, 0.2) is 29.2 Å². The van der Waals surface area contributed by atoms with Crippen LogP contribution in [0.3, 0.4) is 0 Å². The van der Waals surface area contributed by atoms with Crippen molar-refractivity contribution in [1.29, 1.82) is 0 Å². The Bertz CT molecular complexity index is 379. The van der Waals surface area contributed by atoms with E-state index in [-0.39, 0.29) is 18.0 Å². The molecule has 66 valence electrons. The molecule has 0 atom stereocenters. The van der Waals surface area contributed by atoms with Crippen LogP contribution in [0.2, 0.25) is 0 Å². The standard InChI is InChI=1S/C6H6BrNO2SSe/c7-12-6-4-2-1-3-5(6)11(8,9)10/h1-4H,(H2,8,9,10). The molecule has 0 aliphatic carbocycles. The van der Waals surface area contributed by atoms with Crippen molar-refractivity contribution < 1.29 is 8.42 Å². The van der Waals surface area contributed by atoms with Crippen LogP contribution in [0.4, 0.5) is 0 Å². The SMILES string of the molecule is NS(=O)(=O)c1ccccc1[Se]Br. The molecule has 0 amide bonds. The summed E-state index contributed by atoms with van der Waals surface area (Å²) in [6.45, 7) is 0. The molecule has 0 aromatic heterocycles. The Balaban J connectivity index is 3.33. The molecule has 0 unspecified atom stereocenters. The number of primary sulfonamides is 1. The zero-order chi connectivity index (χ0) is 9.19. The maximum atomic E-state index is 11.0. The number of hydrogen-bond donors (Lipinski definition) is 1. The number of nitrogens with two attached hydrogens (primary N) is 1. The normalized spacial score (nSPS) is 11.5. The van der Waals surface area contributed by atoms with Gasteiger partial charge in [-0.05, 0) is 0 Å². The molecular weight excluding hydrogens is 309 g/mol. The number of halogens is 1. The Hall–Kier alpha value is 0.129. The molecule has 1 aromatic carbocycles. The second-order valence-corrected chi connectivity index (χ2v) is 6.53. The van der Waals surface area contributed by atoms with Crippen molar-refractivity contribution in [3.05, 3.63) is 24.3 Å². The van der Waals surface area contributed by atoms with E-state index >= 15 is 0 Å². The Labute approximate surface area is 84.2 Å². The van der Waals surface area contributed by atoms with Gasteiger partial charge in [0.05, 0.1) is 0 Å². The second kappa shape index (κ2) is 3.89. The van der Waals surface area contributed by atoms with Crippen molar-refractivity contribution >= 4 is 41.7 Å².